The standard InChI is InChI=1S/C16H24N2O/c1-12-5-6-13(2)15(10-12)16(19)18-9-7-14-4-3-8-17-11-14/h5-6,10,14,17H,3-4,7-9,11H2,1-2H3,(H,18,19). The van der Waals surface area contributed by atoms with Crippen LogP contribution in [0.25, 0.3) is 0 Å². The van der Waals surface area contributed by atoms with Crippen LogP contribution in [0.5, 0.6) is 0 Å². The summed E-state index contributed by atoms with van der Waals surface area (Å²) in [4.78, 5) is 12.1. The van der Waals surface area contributed by atoms with E-state index in [0.717, 1.165) is 42.7 Å². The van der Waals surface area contributed by atoms with E-state index in [9.17, 15) is 4.79 Å². The monoisotopic (exact) mass is 260 g/mol. The van der Waals surface area contributed by atoms with Crippen LogP contribution in [0.1, 0.15) is 40.7 Å². The Kier molecular flexibility index (Phi) is 4.97. The molecule has 0 aliphatic carbocycles. The predicted octanol–water partition coefficient (Wildman–Crippen LogP) is 2.42. The molecule has 1 heterocycles. The van der Waals surface area contributed by atoms with Gasteiger partial charge in [0.1, 0.15) is 0 Å². The summed E-state index contributed by atoms with van der Waals surface area (Å²) in [6, 6.07) is 6.02. The fourth-order valence-electron chi connectivity index (χ4n) is 2.64. The molecule has 1 atom stereocenters. The first-order valence-electron chi connectivity index (χ1n) is 7.23. The molecule has 104 valence electrons. The SMILES string of the molecule is Cc1ccc(C)c(C(=O)NCCC2CCCNC2)c1. The average molecular weight is 260 g/mol. The van der Waals surface area contributed by atoms with Gasteiger partial charge in [-0.1, -0.05) is 17.7 Å². The lowest BCUT2D eigenvalue weighted by Crippen LogP contribution is -2.33. The Morgan fingerprint density at radius 1 is 1.42 bits per heavy atom. The molecule has 3 nitrogen and oxygen atoms in total. The summed E-state index contributed by atoms with van der Waals surface area (Å²) in [5.74, 6) is 0.776. The van der Waals surface area contributed by atoms with Crippen molar-refractivity contribution in [2.45, 2.75) is 33.1 Å². The molecule has 0 bridgehead atoms. The molecule has 0 radical (unpaired) electrons. The normalized spacial score (nSPS) is 19.2. The lowest BCUT2D eigenvalue weighted by atomic mass is 9.96. The van der Waals surface area contributed by atoms with Crippen molar-refractivity contribution in [1.29, 1.82) is 0 Å². The minimum atomic E-state index is 0.0602. The number of amides is 1. The fraction of sp³-hybridized carbons (Fsp3) is 0.562. The smallest absolute Gasteiger partial charge is 0.251 e. The van der Waals surface area contributed by atoms with Crippen molar-refractivity contribution >= 4 is 5.91 Å². The number of piperidine rings is 1. The highest BCUT2D eigenvalue weighted by Gasteiger charge is 2.14. The first kappa shape index (κ1) is 14.1. The summed E-state index contributed by atoms with van der Waals surface area (Å²) in [6.07, 6.45) is 3.62. The number of aryl methyl sites for hydroxylation is 2. The van der Waals surface area contributed by atoms with Gasteiger partial charge in [0.05, 0.1) is 0 Å². The van der Waals surface area contributed by atoms with Gasteiger partial charge in [0.15, 0.2) is 0 Å². The van der Waals surface area contributed by atoms with Crippen molar-refractivity contribution in [3.63, 3.8) is 0 Å². The Hall–Kier alpha value is -1.35. The molecule has 0 saturated carbocycles. The van der Waals surface area contributed by atoms with Crippen LogP contribution in [0, 0.1) is 19.8 Å². The molecule has 19 heavy (non-hydrogen) atoms. The molecule has 1 aromatic rings. The third-order valence-electron chi connectivity index (χ3n) is 3.87. The van der Waals surface area contributed by atoms with Crippen LogP contribution in [0.4, 0.5) is 0 Å². The molecule has 1 aliphatic heterocycles. The molecule has 1 unspecified atom stereocenters. The highest BCUT2D eigenvalue weighted by atomic mass is 16.1. The van der Waals surface area contributed by atoms with Crippen LogP contribution in [-0.2, 0) is 0 Å². The molecule has 1 aromatic carbocycles. The van der Waals surface area contributed by atoms with E-state index in [4.69, 9.17) is 0 Å². The number of hydrogen-bond donors (Lipinski definition) is 2. The number of nitrogens with one attached hydrogen (secondary N) is 2. The lowest BCUT2D eigenvalue weighted by Gasteiger charge is -2.22. The zero-order valence-electron chi connectivity index (χ0n) is 12.0. The summed E-state index contributed by atoms with van der Waals surface area (Å²) in [5, 5.41) is 6.46. The highest BCUT2D eigenvalue weighted by molar-refractivity contribution is 5.95. The van der Waals surface area contributed by atoms with Gasteiger partial charge in [-0.2, -0.15) is 0 Å². The van der Waals surface area contributed by atoms with Gasteiger partial charge in [0, 0.05) is 12.1 Å². The van der Waals surface area contributed by atoms with Gasteiger partial charge in [-0.3, -0.25) is 4.79 Å². The van der Waals surface area contributed by atoms with Gasteiger partial charge < -0.3 is 10.6 Å². The van der Waals surface area contributed by atoms with E-state index in [1.54, 1.807) is 0 Å². The topological polar surface area (TPSA) is 41.1 Å². The third-order valence-corrected chi connectivity index (χ3v) is 3.87. The molecular formula is C16H24N2O. The minimum absolute atomic E-state index is 0.0602. The number of benzene rings is 1. The maximum Gasteiger partial charge on any atom is 0.251 e. The Morgan fingerprint density at radius 3 is 3.00 bits per heavy atom. The summed E-state index contributed by atoms with van der Waals surface area (Å²) < 4.78 is 0. The highest BCUT2D eigenvalue weighted by Crippen LogP contribution is 2.14. The van der Waals surface area contributed by atoms with Crippen molar-refractivity contribution in [2.24, 2.45) is 5.92 Å². The molecule has 2 N–H and O–H groups in total. The van der Waals surface area contributed by atoms with Crippen LogP contribution in [-0.4, -0.2) is 25.5 Å². The third kappa shape index (κ3) is 4.06. The van der Waals surface area contributed by atoms with Crippen LogP contribution in [0.2, 0.25) is 0 Å². The number of carbonyl (C=O) groups is 1. The molecule has 0 aromatic heterocycles. The quantitative estimate of drug-likeness (QED) is 0.873. The van der Waals surface area contributed by atoms with Crippen molar-refractivity contribution in [3.05, 3.63) is 34.9 Å². The molecule has 2 rings (SSSR count). The maximum absolute atomic E-state index is 12.1. The van der Waals surface area contributed by atoms with Crippen LogP contribution in [0.15, 0.2) is 18.2 Å². The van der Waals surface area contributed by atoms with Crippen LogP contribution < -0.4 is 10.6 Å². The first-order chi connectivity index (χ1) is 9.16. The maximum atomic E-state index is 12.1. The Labute approximate surface area is 115 Å². The molecule has 1 aliphatic rings. The van der Waals surface area contributed by atoms with Crippen molar-refractivity contribution in [3.8, 4) is 0 Å². The van der Waals surface area contributed by atoms with E-state index in [0.29, 0.717) is 5.92 Å². The zero-order chi connectivity index (χ0) is 13.7. The summed E-state index contributed by atoms with van der Waals surface area (Å²) in [7, 11) is 0. The first-order valence-corrected chi connectivity index (χ1v) is 7.23. The van der Waals surface area contributed by atoms with E-state index < -0.39 is 0 Å². The summed E-state index contributed by atoms with van der Waals surface area (Å²) in [5.41, 5.74) is 2.98. The van der Waals surface area contributed by atoms with Crippen LogP contribution >= 0.6 is 0 Å². The number of carbonyl (C=O) groups excluding carboxylic acids is 1. The average Bonchev–Trinajstić information content (AvgIpc) is 2.42. The van der Waals surface area contributed by atoms with Crippen molar-refractivity contribution in [2.75, 3.05) is 19.6 Å². The summed E-state index contributed by atoms with van der Waals surface area (Å²) in [6.45, 7) is 7.02. The van der Waals surface area contributed by atoms with E-state index >= 15 is 0 Å². The Morgan fingerprint density at radius 2 is 2.26 bits per heavy atom. The summed E-state index contributed by atoms with van der Waals surface area (Å²) >= 11 is 0. The Balaban J connectivity index is 1.82. The second kappa shape index (κ2) is 6.71. The molecular weight excluding hydrogens is 236 g/mol. The number of hydrogen-bond acceptors (Lipinski definition) is 2. The van der Waals surface area contributed by atoms with E-state index in [1.165, 1.54) is 12.8 Å². The molecule has 1 saturated heterocycles. The molecule has 3 heteroatoms. The minimum Gasteiger partial charge on any atom is -0.352 e. The van der Waals surface area contributed by atoms with Gasteiger partial charge in [-0.15, -0.1) is 0 Å². The van der Waals surface area contributed by atoms with Crippen LogP contribution in [0.3, 0.4) is 0 Å². The van der Waals surface area contributed by atoms with Crippen molar-refractivity contribution < 1.29 is 4.79 Å². The molecule has 0 spiro atoms. The van der Waals surface area contributed by atoms with E-state index in [2.05, 4.69) is 10.6 Å². The van der Waals surface area contributed by atoms with Gasteiger partial charge >= 0.3 is 0 Å². The lowest BCUT2D eigenvalue weighted by molar-refractivity contribution is 0.0950. The van der Waals surface area contributed by atoms with E-state index in [-0.39, 0.29) is 5.91 Å². The van der Waals surface area contributed by atoms with Gasteiger partial charge in [0.2, 0.25) is 0 Å². The second-order valence-electron chi connectivity index (χ2n) is 5.58. The number of rotatable bonds is 4. The predicted molar refractivity (Wildman–Crippen MR) is 78.5 cm³/mol. The molecule has 1 fully saturated rings. The second-order valence-corrected chi connectivity index (χ2v) is 5.58. The molecule has 1 amide bonds. The zero-order valence-corrected chi connectivity index (χ0v) is 12.0. The fourth-order valence-corrected chi connectivity index (χ4v) is 2.64. The largest absolute Gasteiger partial charge is 0.352 e. The van der Waals surface area contributed by atoms with Gasteiger partial charge in [-0.05, 0) is 63.7 Å². The van der Waals surface area contributed by atoms with Gasteiger partial charge in [-0.25, -0.2) is 0 Å². The van der Waals surface area contributed by atoms with Gasteiger partial charge in [0.25, 0.3) is 5.91 Å². The van der Waals surface area contributed by atoms with E-state index in [1.807, 2.05) is 32.0 Å². The van der Waals surface area contributed by atoms with Crippen molar-refractivity contribution in [1.82, 2.24) is 10.6 Å². The Bertz CT molecular complexity index is 436.